The van der Waals surface area contributed by atoms with Crippen LogP contribution in [0.15, 0.2) is 66.7 Å². The Hall–Kier alpha value is -3.89. The molecule has 0 amide bonds. The summed E-state index contributed by atoms with van der Waals surface area (Å²) in [4.78, 5) is 16.4. The van der Waals surface area contributed by atoms with Gasteiger partial charge in [-0.3, -0.25) is 0 Å². The van der Waals surface area contributed by atoms with Gasteiger partial charge in [-0.1, -0.05) is 23.7 Å². The van der Waals surface area contributed by atoms with Gasteiger partial charge in [0, 0.05) is 32.7 Å². The van der Waals surface area contributed by atoms with E-state index in [1.165, 1.54) is 0 Å². The van der Waals surface area contributed by atoms with Gasteiger partial charge in [0.2, 0.25) is 0 Å². The molecule has 6 rings (SSSR count). The number of rotatable bonds is 1. The van der Waals surface area contributed by atoms with Crippen LogP contribution in [0.5, 0.6) is 0 Å². The largest absolute Gasteiger partial charge is 0.355 e. The maximum Gasteiger partial charge on any atom is 0.0658 e. The van der Waals surface area contributed by atoms with Crippen LogP contribution in [0.4, 0.5) is 0 Å². The lowest BCUT2D eigenvalue weighted by Gasteiger charge is -1.99. The van der Waals surface area contributed by atoms with Crippen LogP contribution >= 0.6 is 11.6 Å². The van der Waals surface area contributed by atoms with E-state index in [0.717, 1.165) is 56.0 Å². The molecule has 4 aromatic rings. The minimum Gasteiger partial charge on any atom is -0.355 e. The molecular weight excluding hydrogens is 404 g/mol. The van der Waals surface area contributed by atoms with Crippen molar-refractivity contribution in [3.8, 4) is 11.1 Å². The number of nitrogens with zero attached hydrogens (tertiary/aromatic N) is 2. The molecule has 5 heteroatoms. The Labute approximate surface area is 183 Å². The van der Waals surface area contributed by atoms with Gasteiger partial charge in [0.1, 0.15) is 0 Å². The molecule has 0 fully saturated rings. The number of H-pyrrole nitrogens is 2. The average Bonchev–Trinajstić information content (AvgIpc) is 3.53. The zero-order chi connectivity index (χ0) is 20.8. The summed E-state index contributed by atoms with van der Waals surface area (Å²) in [5.74, 6) is 0. The summed E-state index contributed by atoms with van der Waals surface area (Å²) in [7, 11) is 0. The third-order valence-electron chi connectivity index (χ3n) is 5.30. The van der Waals surface area contributed by atoms with Crippen LogP contribution in [0, 0.1) is 0 Å². The molecule has 0 spiro atoms. The Morgan fingerprint density at radius 1 is 0.581 bits per heavy atom. The van der Waals surface area contributed by atoms with Crippen molar-refractivity contribution in [2.45, 2.75) is 0 Å². The van der Waals surface area contributed by atoms with Crippen LogP contribution in [-0.4, -0.2) is 19.9 Å². The van der Waals surface area contributed by atoms with Crippen molar-refractivity contribution in [3.05, 3.63) is 94.5 Å². The maximum atomic E-state index is 6.26. The Bertz CT molecular complexity index is 1550. The second-order valence-electron chi connectivity index (χ2n) is 7.60. The molecule has 1 aromatic carbocycles. The fourth-order valence-electron chi connectivity index (χ4n) is 3.91. The van der Waals surface area contributed by atoms with E-state index in [1.807, 2.05) is 72.8 Å². The van der Waals surface area contributed by atoms with Crippen molar-refractivity contribution >= 4 is 58.0 Å². The highest BCUT2D eigenvalue weighted by Crippen LogP contribution is 2.29. The lowest BCUT2D eigenvalue weighted by atomic mass is 10.1. The van der Waals surface area contributed by atoms with Crippen LogP contribution in [0.3, 0.4) is 0 Å². The molecule has 2 aliphatic rings. The SMILES string of the molecule is Clc1cccc(-c2cc3cc4nc(cc5ccc(cc6nc(cc2[nH]3)C=C6)[nH]5)C=C4)c1. The first-order chi connectivity index (χ1) is 15.2. The normalized spacial score (nSPS) is 12.4. The second-order valence-corrected chi connectivity index (χ2v) is 8.03. The molecule has 0 saturated heterocycles. The van der Waals surface area contributed by atoms with Gasteiger partial charge in [-0.05, 0) is 84.5 Å². The van der Waals surface area contributed by atoms with E-state index in [9.17, 15) is 0 Å². The third kappa shape index (κ3) is 3.58. The van der Waals surface area contributed by atoms with Crippen molar-refractivity contribution in [1.82, 2.24) is 19.9 Å². The molecule has 5 heterocycles. The predicted molar refractivity (Wildman–Crippen MR) is 129 cm³/mol. The lowest BCUT2D eigenvalue weighted by molar-refractivity contribution is 1.31. The molecular formula is C26H17ClN4. The number of aromatic nitrogens is 4. The molecule has 0 radical (unpaired) electrons. The highest BCUT2D eigenvalue weighted by molar-refractivity contribution is 6.30. The Morgan fingerprint density at radius 2 is 1.19 bits per heavy atom. The van der Waals surface area contributed by atoms with Crippen molar-refractivity contribution in [3.63, 3.8) is 0 Å². The summed E-state index contributed by atoms with van der Waals surface area (Å²) < 4.78 is 0. The van der Waals surface area contributed by atoms with E-state index < -0.39 is 0 Å². The Balaban J connectivity index is 1.68. The van der Waals surface area contributed by atoms with Gasteiger partial charge in [-0.2, -0.15) is 0 Å². The van der Waals surface area contributed by atoms with Gasteiger partial charge < -0.3 is 9.97 Å². The first-order valence-corrected chi connectivity index (χ1v) is 10.4. The smallest absolute Gasteiger partial charge is 0.0658 e. The van der Waals surface area contributed by atoms with Crippen molar-refractivity contribution in [2.24, 2.45) is 0 Å². The van der Waals surface area contributed by atoms with Gasteiger partial charge in [0.25, 0.3) is 0 Å². The fraction of sp³-hybridized carbons (Fsp3) is 0. The molecule has 2 N–H and O–H groups in total. The average molecular weight is 421 g/mol. The molecule has 3 aromatic heterocycles. The minimum absolute atomic E-state index is 0.708. The molecule has 2 aliphatic heterocycles. The van der Waals surface area contributed by atoms with Gasteiger partial charge in [-0.25, -0.2) is 9.97 Å². The predicted octanol–water partition coefficient (Wildman–Crippen LogP) is 6.98. The van der Waals surface area contributed by atoms with Crippen LogP contribution in [0.1, 0.15) is 22.8 Å². The molecule has 0 unspecified atom stereocenters. The summed E-state index contributed by atoms with van der Waals surface area (Å²) in [6.45, 7) is 0. The quantitative estimate of drug-likeness (QED) is 0.301. The van der Waals surface area contributed by atoms with E-state index in [1.54, 1.807) is 0 Å². The van der Waals surface area contributed by atoms with Crippen molar-refractivity contribution in [2.75, 3.05) is 0 Å². The van der Waals surface area contributed by atoms with Crippen molar-refractivity contribution < 1.29 is 0 Å². The second kappa shape index (κ2) is 7.11. The van der Waals surface area contributed by atoms with Crippen LogP contribution < -0.4 is 0 Å². The highest BCUT2D eigenvalue weighted by Gasteiger charge is 2.07. The number of hydrogen-bond acceptors (Lipinski definition) is 2. The van der Waals surface area contributed by atoms with E-state index in [0.29, 0.717) is 5.02 Å². The highest BCUT2D eigenvalue weighted by atomic mass is 35.5. The molecule has 0 aliphatic carbocycles. The van der Waals surface area contributed by atoms with Gasteiger partial charge in [-0.15, -0.1) is 0 Å². The van der Waals surface area contributed by atoms with E-state index in [4.69, 9.17) is 21.6 Å². The number of nitrogens with one attached hydrogen (secondary N) is 2. The summed E-state index contributed by atoms with van der Waals surface area (Å²) >= 11 is 6.26. The first kappa shape index (κ1) is 17.9. The zero-order valence-corrected chi connectivity index (χ0v) is 17.2. The molecule has 0 atom stereocenters. The number of halogens is 1. The van der Waals surface area contributed by atoms with Crippen LogP contribution in [-0.2, 0) is 0 Å². The first-order valence-electron chi connectivity index (χ1n) is 10.0. The third-order valence-corrected chi connectivity index (χ3v) is 5.54. The van der Waals surface area contributed by atoms with Crippen LogP contribution in [0.2, 0.25) is 5.02 Å². The topological polar surface area (TPSA) is 57.4 Å². The number of hydrogen-bond donors (Lipinski definition) is 2. The molecule has 0 saturated carbocycles. The number of aromatic amines is 2. The van der Waals surface area contributed by atoms with E-state index >= 15 is 0 Å². The maximum absolute atomic E-state index is 6.26. The van der Waals surface area contributed by atoms with Crippen molar-refractivity contribution in [1.29, 1.82) is 0 Å². The molecule has 31 heavy (non-hydrogen) atoms. The Morgan fingerprint density at radius 3 is 1.84 bits per heavy atom. The molecule has 8 bridgehead atoms. The van der Waals surface area contributed by atoms with Crippen LogP contribution in [0.25, 0.3) is 57.5 Å². The standard InChI is InChI=1S/C26H17ClN4/c27-17-3-1-2-16(10-17)25-14-24-13-22-7-6-20(29-22)11-18-4-5-19(28-18)12-21-8-9-23(30-21)15-26(25)31-24/h1-15,28,31H. The Kier molecular flexibility index (Phi) is 4.11. The van der Waals surface area contributed by atoms with Gasteiger partial charge >= 0.3 is 0 Å². The van der Waals surface area contributed by atoms with E-state index in [2.05, 4.69) is 28.2 Å². The van der Waals surface area contributed by atoms with Gasteiger partial charge in [0.15, 0.2) is 0 Å². The summed E-state index contributed by atoms with van der Waals surface area (Å²) in [6, 6.07) is 22.3. The summed E-state index contributed by atoms with van der Waals surface area (Å²) in [5.41, 5.74) is 9.68. The van der Waals surface area contributed by atoms with E-state index in [-0.39, 0.29) is 0 Å². The molecule has 4 nitrogen and oxygen atoms in total. The lowest BCUT2D eigenvalue weighted by Crippen LogP contribution is -1.77. The zero-order valence-electron chi connectivity index (χ0n) is 16.4. The number of fused-ring (bicyclic) bond motifs is 8. The monoisotopic (exact) mass is 420 g/mol. The minimum atomic E-state index is 0.708. The molecule has 148 valence electrons. The van der Waals surface area contributed by atoms with Gasteiger partial charge in [0.05, 0.1) is 22.8 Å². The number of benzene rings is 1. The summed E-state index contributed by atoms with van der Waals surface area (Å²) in [5, 5.41) is 0.708. The summed E-state index contributed by atoms with van der Waals surface area (Å²) in [6.07, 6.45) is 8.09. The fourth-order valence-corrected chi connectivity index (χ4v) is 4.10.